The van der Waals surface area contributed by atoms with Crippen LogP contribution in [0.15, 0.2) is 65.6 Å². The number of halogens is 6. The second kappa shape index (κ2) is 15.8. The molecular formula is C33H28F6N4O6S2. The molecule has 2 aliphatic heterocycles. The van der Waals surface area contributed by atoms with E-state index in [9.17, 15) is 40.7 Å². The van der Waals surface area contributed by atoms with Gasteiger partial charge in [0.2, 0.25) is 5.91 Å². The van der Waals surface area contributed by atoms with Gasteiger partial charge in [-0.05, 0) is 71.8 Å². The van der Waals surface area contributed by atoms with Crippen molar-refractivity contribution in [3.05, 3.63) is 87.8 Å². The molecule has 2 fully saturated rings. The molecule has 2 amide bonds. The third-order valence-corrected chi connectivity index (χ3v) is 8.90. The number of alkyl halides is 6. The van der Waals surface area contributed by atoms with Gasteiger partial charge in [-0.15, -0.1) is 0 Å². The van der Waals surface area contributed by atoms with Gasteiger partial charge in [-0.3, -0.25) is 14.5 Å². The number of carboxylic acids is 1. The average molecular weight is 755 g/mol. The van der Waals surface area contributed by atoms with Crippen LogP contribution in [-0.2, 0) is 26.7 Å². The molecule has 0 radical (unpaired) electrons. The van der Waals surface area contributed by atoms with E-state index in [1.165, 1.54) is 48.5 Å². The van der Waals surface area contributed by atoms with Crippen molar-refractivity contribution < 1.29 is 55.3 Å². The van der Waals surface area contributed by atoms with Crippen molar-refractivity contribution in [1.82, 2.24) is 15.3 Å². The lowest BCUT2D eigenvalue weighted by Gasteiger charge is -2.26. The molecule has 5 rings (SSSR count). The lowest BCUT2D eigenvalue weighted by atomic mass is 9.97. The van der Waals surface area contributed by atoms with Crippen molar-refractivity contribution >= 4 is 57.8 Å². The van der Waals surface area contributed by atoms with E-state index in [2.05, 4.69) is 15.6 Å². The predicted molar refractivity (Wildman–Crippen MR) is 180 cm³/mol. The Morgan fingerprint density at radius 2 is 1.59 bits per heavy atom. The number of carbonyl (C=O) groups is 3. The number of nitrogens with one attached hydrogen (secondary N) is 2. The Kier molecular flexibility index (Phi) is 11.7. The summed E-state index contributed by atoms with van der Waals surface area (Å²) < 4.78 is 93.1. The number of carboxylic acid groups (broad SMARTS) is 1. The summed E-state index contributed by atoms with van der Waals surface area (Å²) in [5.41, 5.74) is -0.179. The number of nitrogens with zero attached hydrogens (tertiary/aromatic N) is 2. The minimum atomic E-state index is -5.05. The highest BCUT2D eigenvalue weighted by Gasteiger charge is 2.37. The Balaban J connectivity index is 1.39. The Morgan fingerprint density at radius 3 is 2.20 bits per heavy atom. The van der Waals surface area contributed by atoms with Crippen LogP contribution in [0.4, 0.5) is 32.0 Å². The molecule has 0 aliphatic carbocycles. The number of benzene rings is 3. The molecule has 3 N–H and O–H groups in total. The predicted octanol–water partition coefficient (Wildman–Crippen LogP) is 6.14. The monoisotopic (exact) mass is 754 g/mol. The summed E-state index contributed by atoms with van der Waals surface area (Å²) in [6, 6.07) is 10.7. The molecule has 0 unspecified atom stereocenters. The number of morpholine rings is 1. The number of rotatable bonds is 11. The van der Waals surface area contributed by atoms with Crippen LogP contribution in [0, 0.1) is 0 Å². The number of aromatic carboxylic acids is 1. The first-order chi connectivity index (χ1) is 24.1. The van der Waals surface area contributed by atoms with Crippen LogP contribution >= 0.6 is 24.0 Å². The van der Waals surface area contributed by atoms with Crippen molar-refractivity contribution in [1.29, 1.82) is 0 Å². The fourth-order valence-corrected chi connectivity index (χ4v) is 6.21. The van der Waals surface area contributed by atoms with Gasteiger partial charge in [0, 0.05) is 30.9 Å². The van der Waals surface area contributed by atoms with Gasteiger partial charge in [0.15, 0.2) is 4.32 Å². The topological polar surface area (TPSA) is 120 Å². The van der Waals surface area contributed by atoms with Crippen LogP contribution in [0.2, 0.25) is 0 Å². The Hall–Kier alpha value is -4.49. The van der Waals surface area contributed by atoms with E-state index in [4.69, 9.17) is 26.8 Å². The molecule has 3 aromatic rings. The number of thiocarbonyl (C=S) groups is 1. The van der Waals surface area contributed by atoms with Gasteiger partial charge in [-0.1, -0.05) is 30.0 Å². The normalized spacial score (nSPS) is 16.5. The molecule has 2 aliphatic rings. The van der Waals surface area contributed by atoms with Crippen LogP contribution in [0.25, 0.3) is 17.2 Å². The van der Waals surface area contributed by atoms with Crippen molar-refractivity contribution in [2.75, 3.05) is 51.3 Å². The maximum absolute atomic E-state index is 13.6. The van der Waals surface area contributed by atoms with Crippen LogP contribution in [0.1, 0.15) is 27.0 Å². The molecule has 2 heterocycles. The minimum Gasteiger partial charge on any atom is -0.492 e. The van der Waals surface area contributed by atoms with Crippen LogP contribution in [0.5, 0.6) is 5.75 Å². The molecule has 18 heteroatoms. The van der Waals surface area contributed by atoms with Gasteiger partial charge in [0.05, 0.1) is 41.4 Å². The fourth-order valence-electron chi connectivity index (χ4n) is 5.00. The summed E-state index contributed by atoms with van der Waals surface area (Å²) in [7, 11) is 0. The van der Waals surface area contributed by atoms with Crippen molar-refractivity contribution in [2.45, 2.75) is 12.4 Å². The molecule has 10 nitrogen and oxygen atoms in total. The highest BCUT2D eigenvalue weighted by Crippen LogP contribution is 2.40. The average Bonchev–Trinajstić information content (AvgIpc) is 3.34. The summed E-state index contributed by atoms with van der Waals surface area (Å²) >= 11 is 6.17. The van der Waals surface area contributed by atoms with Gasteiger partial charge in [0.25, 0.3) is 5.91 Å². The van der Waals surface area contributed by atoms with Crippen LogP contribution in [0.3, 0.4) is 0 Å². The minimum absolute atomic E-state index is 0.0000383. The molecule has 0 spiro atoms. The molecular weight excluding hydrogens is 727 g/mol. The van der Waals surface area contributed by atoms with Crippen molar-refractivity contribution in [2.24, 2.45) is 0 Å². The van der Waals surface area contributed by atoms with E-state index in [0.29, 0.717) is 50.7 Å². The van der Waals surface area contributed by atoms with Crippen LogP contribution in [-0.4, -0.2) is 83.1 Å². The Bertz CT molecular complexity index is 1810. The first-order valence-corrected chi connectivity index (χ1v) is 16.3. The number of hydrogen-bond donors (Lipinski definition) is 3. The molecule has 270 valence electrons. The zero-order valence-corrected chi connectivity index (χ0v) is 27.9. The van der Waals surface area contributed by atoms with E-state index in [-0.39, 0.29) is 49.9 Å². The van der Waals surface area contributed by atoms with Gasteiger partial charge in [0.1, 0.15) is 12.4 Å². The zero-order chi connectivity index (χ0) is 36.9. The quantitative estimate of drug-likeness (QED) is 0.120. The van der Waals surface area contributed by atoms with Gasteiger partial charge in [-0.2, -0.15) is 26.3 Å². The molecule has 51 heavy (non-hydrogen) atoms. The van der Waals surface area contributed by atoms with Crippen molar-refractivity contribution in [3.8, 4) is 16.9 Å². The SMILES string of the molecule is O=C(CNN1C(=O)/C(=C/c2cc(-c3cc(C(F)(F)F)cc(C(F)(F)F)c3)ccc2OCCN2CCOCC2)SC1=S)Nc1ccc(C(=O)O)cc1. The number of anilines is 1. The maximum Gasteiger partial charge on any atom is 0.416 e. The van der Waals surface area contributed by atoms with E-state index in [1.54, 1.807) is 0 Å². The first kappa shape index (κ1) is 37.8. The molecule has 2 saturated heterocycles. The Labute approximate surface area is 296 Å². The summed E-state index contributed by atoms with van der Waals surface area (Å²) in [5, 5.41) is 12.5. The zero-order valence-electron chi connectivity index (χ0n) is 26.3. The number of thioether (sulfide) groups is 1. The van der Waals surface area contributed by atoms with Gasteiger partial charge in [-0.25, -0.2) is 15.2 Å². The fraction of sp³-hybridized carbons (Fsp3) is 0.273. The van der Waals surface area contributed by atoms with E-state index >= 15 is 0 Å². The molecule has 0 aromatic heterocycles. The largest absolute Gasteiger partial charge is 0.492 e. The lowest BCUT2D eigenvalue weighted by Crippen LogP contribution is -2.44. The Morgan fingerprint density at radius 1 is 0.941 bits per heavy atom. The first-order valence-electron chi connectivity index (χ1n) is 15.1. The number of ether oxygens (including phenoxy) is 2. The second-order valence-corrected chi connectivity index (χ2v) is 12.8. The summed E-state index contributed by atoms with van der Waals surface area (Å²) in [6.45, 7) is 2.72. The number of hydrogen-bond acceptors (Lipinski definition) is 9. The molecule has 0 saturated carbocycles. The van der Waals surface area contributed by atoms with E-state index in [0.717, 1.165) is 16.8 Å². The molecule has 3 aromatic carbocycles. The van der Waals surface area contributed by atoms with Crippen LogP contribution < -0.4 is 15.5 Å². The second-order valence-electron chi connectivity index (χ2n) is 11.1. The van der Waals surface area contributed by atoms with E-state index < -0.39 is 47.8 Å². The maximum atomic E-state index is 13.6. The number of hydrazine groups is 1. The summed E-state index contributed by atoms with van der Waals surface area (Å²) in [4.78, 5) is 39.1. The highest BCUT2D eigenvalue weighted by atomic mass is 32.2. The molecule has 0 atom stereocenters. The highest BCUT2D eigenvalue weighted by molar-refractivity contribution is 8.26. The van der Waals surface area contributed by atoms with E-state index in [1.807, 2.05) is 0 Å². The third kappa shape index (κ3) is 9.85. The number of amides is 2. The summed E-state index contributed by atoms with van der Waals surface area (Å²) in [5.74, 6) is -2.19. The number of carbonyl (C=O) groups excluding carboxylic acids is 2. The van der Waals surface area contributed by atoms with Crippen molar-refractivity contribution in [3.63, 3.8) is 0 Å². The standard InChI is InChI=1S/C33H28F6N4O6S2/c34-32(35,36)23-14-21(15-24(17-23)33(37,38)39)20-3-6-26(49-12-9-42-7-10-48-11-8-42)22(13-20)16-27-29(45)43(31(50)51-27)40-18-28(44)41-25-4-1-19(2-5-25)30(46)47/h1-6,13-17,40H,7-12,18H2,(H,41,44)(H,46,47)/b27-16-. The molecule has 0 bridgehead atoms. The lowest BCUT2D eigenvalue weighted by molar-refractivity contribution is -0.143. The summed E-state index contributed by atoms with van der Waals surface area (Å²) in [6.07, 6.45) is -8.74. The van der Waals surface area contributed by atoms with Gasteiger partial charge >= 0.3 is 18.3 Å². The van der Waals surface area contributed by atoms with Gasteiger partial charge < -0.3 is 19.9 Å². The smallest absolute Gasteiger partial charge is 0.416 e. The third-order valence-electron chi connectivity index (χ3n) is 7.59.